The number of hydrogen-bond donors (Lipinski definition) is 2. The van der Waals surface area contributed by atoms with Gasteiger partial charge in [0.1, 0.15) is 5.25 Å². The summed E-state index contributed by atoms with van der Waals surface area (Å²) in [5.41, 5.74) is 4.77. The van der Waals surface area contributed by atoms with Crippen LogP contribution < -0.4 is 11.1 Å². The monoisotopic (exact) mass is 317 g/mol. The van der Waals surface area contributed by atoms with Gasteiger partial charge in [-0.05, 0) is 24.3 Å². The number of rotatable bonds is 3. The zero-order valence-electron chi connectivity index (χ0n) is 10.5. The van der Waals surface area contributed by atoms with Crippen molar-refractivity contribution in [3.8, 4) is 0 Å². The second-order valence-corrected chi connectivity index (χ2v) is 5.45. The van der Waals surface area contributed by atoms with E-state index in [9.17, 15) is 22.8 Å². The zero-order chi connectivity index (χ0) is 15.6. The Bertz CT molecular complexity index is 599. The van der Waals surface area contributed by atoms with Crippen molar-refractivity contribution in [2.75, 3.05) is 5.32 Å². The van der Waals surface area contributed by atoms with E-state index in [1.54, 1.807) is 0 Å². The third kappa shape index (κ3) is 3.97. The first kappa shape index (κ1) is 15.4. The fourth-order valence-corrected chi connectivity index (χ4v) is 2.48. The highest BCUT2D eigenvalue weighted by atomic mass is 32.2. The second kappa shape index (κ2) is 5.76. The van der Waals surface area contributed by atoms with Gasteiger partial charge in [-0.25, -0.2) is 0 Å². The topological polar surface area (TPSA) is 84.5 Å². The molecule has 9 heteroatoms. The Balaban J connectivity index is 1.93. The maximum atomic E-state index is 12.4. The lowest BCUT2D eigenvalue weighted by molar-refractivity contribution is -0.137. The van der Waals surface area contributed by atoms with Crippen molar-refractivity contribution in [1.29, 1.82) is 0 Å². The fourth-order valence-electron chi connectivity index (χ4n) is 1.66. The largest absolute Gasteiger partial charge is 0.416 e. The molecule has 0 saturated heterocycles. The molecule has 2 rings (SSSR count). The highest BCUT2D eigenvalue weighted by Gasteiger charge is 2.31. The number of hydrogen-bond acceptors (Lipinski definition) is 4. The van der Waals surface area contributed by atoms with E-state index in [0.717, 1.165) is 36.0 Å². The minimum absolute atomic E-state index is 0.104. The number of thioether (sulfide) groups is 1. The van der Waals surface area contributed by atoms with Crippen LogP contribution in [0.5, 0.6) is 0 Å². The van der Waals surface area contributed by atoms with Gasteiger partial charge in [-0.2, -0.15) is 18.2 Å². The Morgan fingerprint density at radius 2 is 1.95 bits per heavy atom. The second-order valence-electron chi connectivity index (χ2n) is 4.22. The summed E-state index contributed by atoms with van der Waals surface area (Å²) in [6.07, 6.45) is -4.57. The standard InChI is InChI=1S/C12H10F3N3O2S/c13-12(14,15)6-1-3-7(4-2-6)17-9(19)5-8-10(20)18-11(16)21-8/h1-4,8H,5H2,(H,17,19)(H2,16,18,20)/t8-/m0/s1. The molecule has 112 valence electrons. The Hall–Kier alpha value is -2.03. The molecule has 0 bridgehead atoms. The van der Waals surface area contributed by atoms with Gasteiger partial charge in [-0.1, -0.05) is 11.8 Å². The summed E-state index contributed by atoms with van der Waals surface area (Å²) in [5, 5.41) is 1.84. The summed E-state index contributed by atoms with van der Waals surface area (Å²) in [5.74, 6) is -0.981. The van der Waals surface area contributed by atoms with E-state index in [1.807, 2.05) is 0 Å². The van der Waals surface area contributed by atoms with E-state index >= 15 is 0 Å². The molecule has 1 atom stereocenters. The number of nitrogens with two attached hydrogens (primary N) is 1. The molecule has 1 aliphatic rings. The fraction of sp³-hybridized carbons (Fsp3) is 0.250. The SMILES string of the molecule is NC1=NC(=O)[C@H](CC(=O)Nc2ccc(C(F)(F)F)cc2)S1. The van der Waals surface area contributed by atoms with E-state index in [4.69, 9.17) is 5.73 Å². The molecule has 1 aromatic carbocycles. The number of amidine groups is 1. The smallest absolute Gasteiger partial charge is 0.378 e. The summed E-state index contributed by atoms with van der Waals surface area (Å²) in [7, 11) is 0. The molecule has 2 amide bonds. The lowest BCUT2D eigenvalue weighted by Gasteiger charge is -2.10. The van der Waals surface area contributed by atoms with Crippen LogP contribution in [0.4, 0.5) is 18.9 Å². The highest BCUT2D eigenvalue weighted by molar-refractivity contribution is 8.15. The van der Waals surface area contributed by atoms with Gasteiger partial charge in [0.2, 0.25) is 5.91 Å². The van der Waals surface area contributed by atoms with E-state index in [0.29, 0.717) is 0 Å². The van der Waals surface area contributed by atoms with Crippen molar-refractivity contribution >= 4 is 34.4 Å². The van der Waals surface area contributed by atoms with Crippen LogP contribution in [0.3, 0.4) is 0 Å². The summed E-state index contributed by atoms with van der Waals surface area (Å²) in [4.78, 5) is 26.5. The van der Waals surface area contributed by atoms with Crippen molar-refractivity contribution in [1.82, 2.24) is 0 Å². The van der Waals surface area contributed by atoms with Gasteiger partial charge in [0.05, 0.1) is 5.56 Å². The number of carbonyl (C=O) groups excluding carboxylic acids is 2. The number of carbonyl (C=O) groups is 2. The van der Waals surface area contributed by atoms with Gasteiger partial charge in [0.15, 0.2) is 5.17 Å². The summed E-state index contributed by atoms with van der Waals surface area (Å²) < 4.78 is 37.1. The minimum Gasteiger partial charge on any atom is -0.378 e. The molecule has 0 unspecified atom stereocenters. The van der Waals surface area contributed by atoms with Crippen molar-refractivity contribution < 1.29 is 22.8 Å². The molecular weight excluding hydrogens is 307 g/mol. The quantitative estimate of drug-likeness (QED) is 0.893. The number of aliphatic imine (C=N–C) groups is 1. The molecule has 0 aliphatic carbocycles. The number of nitrogens with one attached hydrogen (secondary N) is 1. The number of halogens is 3. The average Bonchev–Trinajstić information content (AvgIpc) is 2.67. The Kier molecular flexibility index (Phi) is 4.21. The molecule has 0 radical (unpaired) electrons. The predicted octanol–water partition coefficient (Wildman–Crippen LogP) is 1.99. The van der Waals surface area contributed by atoms with Crippen LogP contribution in [0.25, 0.3) is 0 Å². The third-order valence-electron chi connectivity index (χ3n) is 2.63. The van der Waals surface area contributed by atoms with E-state index < -0.39 is 28.8 Å². The van der Waals surface area contributed by atoms with Crippen molar-refractivity contribution in [3.63, 3.8) is 0 Å². The first-order valence-corrected chi connectivity index (χ1v) is 6.65. The summed E-state index contributed by atoms with van der Waals surface area (Å²) >= 11 is 0.987. The van der Waals surface area contributed by atoms with E-state index in [2.05, 4.69) is 10.3 Å². The predicted molar refractivity (Wildman–Crippen MR) is 72.7 cm³/mol. The van der Waals surface area contributed by atoms with Gasteiger partial charge in [-0.3, -0.25) is 9.59 Å². The van der Waals surface area contributed by atoms with Crippen LogP contribution in [0.15, 0.2) is 29.3 Å². The Morgan fingerprint density at radius 3 is 2.43 bits per heavy atom. The molecule has 5 nitrogen and oxygen atoms in total. The van der Waals surface area contributed by atoms with Gasteiger partial charge >= 0.3 is 6.18 Å². The Morgan fingerprint density at radius 1 is 1.33 bits per heavy atom. The van der Waals surface area contributed by atoms with Crippen LogP contribution in [0, 0.1) is 0 Å². The van der Waals surface area contributed by atoms with Crippen LogP contribution in [0.2, 0.25) is 0 Å². The molecule has 1 aliphatic heterocycles. The maximum Gasteiger partial charge on any atom is 0.416 e. The van der Waals surface area contributed by atoms with Crippen molar-refractivity contribution in [3.05, 3.63) is 29.8 Å². The lowest BCUT2D eigenvalue weighted by Crippen LogP contribution is -2.21. The number of anilines is 1. The van der Waals surface area contributed by atoms with Gasteiger partial charge < -0.3 is 11.1 Å². The van der Waals surface area contributed by atoms with Crippen LogP contribution in [0.1, 0.15) is 12.0 Å². The Labute approximate surface area is 121 Å². The van der Waals surface area contributed by atoms with Crippen LogP contribution in [-0.4, -0.2) is 22.2 Å². The van der Waals surface area contributed by atoms with Gasteiger partial charge in [-0.15, -0.1) is 0 Å². The normalized spacial score (nSPS) is 18.5. The zero-order valence-corrected chi connectivity index (χ0v) is 11.3. The first-order chi connectivity index (χ1) is 9.75. The number of alkyl halides is 3. The molecule has 0 saturated carbocycles. The summed E-state index contributed by atoms with van der Waals surface area (Å²) in [6.45, 7) is 0. The highest BCUT2D eigenvalue weighted by Crippen LogP contribution is 2.30. The van der Waals surface area contributed by atoms with Gasteiger partial charge in [0, 0.05) is 12.1 Å². The number of benzene rings is 1. The molecule has 21 heavy (non-hydrogen) atoms. The maximum absolute atomic E-state index is 12.4. The number of amides is 2. The molecule has 0 aromatic heterocycles. The van der Waals surface area contributed by atoms with Crippen LogP contribution >= 0.6 is 11.8 Å². The van der Waals surface area contributed by atoms with Crippen molar-refractivity contribution in [2.45, 2.75) is 17.8 Å². The van der Waals surface area contributed by atoms with E-state index in [-0.39, 0.29) is 17.3 Å². The van der Waals surface area contributed by atoms with Crippen molar-refractivity contribution in [2.24, 2.45) is 10.7 Å². The van der Waals surface area contributed by atoms with E-state index in [1.165, 1.54) is 0 Å². The van der Waals surface area contributed by atoms with Gasteiger partial charge in [0.25, 0.3) is 5.91 Å². The average molecular weight is 317 g/mol. The lowest BCUT2D eigenvalue weighted by atomic mass is 10.2. The molecule has 1 heterocycles. The minimum atomic E-state index is -4.43. The molecule has 0 spiro atoms. The molecule has 1 aromatic rings. The first-order valence-electron chi connectivity index (χ1n) is 5.77. The third-order valence-corrected chi connectivity index (χ3v) is 3.61. The molecule has 3 N–H and O–H groups in total. The molecule has 0 fully saturated rings. The number of nitrogens with zero attached hydrogens (tertiary/aromatic N) is 1. The summed E-state index contributed by atoms with van der Waals surface area (Å²) in [6, 6.07) is 4.03. The molecular formula is C12H10F3N3O2S. The van der Waals surface area contributed by atoms with Crippen LogP contribution in [-0.2, 0) is 15.8 Å².